The highest BCUT2D eigenvalue weighted by atomic mass is 35.5. The Balaban J connectivity index is 3.19. The average Bonchev–Trinajstić information content (AvgIpc) is 2.06. The first-order chi connectivity index (χ1) is 6.32. The molecule has 0 saturated heterocycles. The molecule has 1 aromatic heterocycles. The molecule has 0 aliphatic heterocycles. The molecule has 0 aliphatic rings. The predicted octanol–water partition coefficient (Wildman–Crippen LogP) is 2.07. The number of H-pyrrole nitrogens is 1. The SMILES string of the molecule is CC(C)(C)[C@@H](N)c1cc(Cl)c[nH]c1=O. The van der Waals surface area contributed by atoms with Crippen molar-refractivity contribution in [1.82, 2.24) is 4.98 Å². The minimum Gasteiger partial charge on any atom is -0.327 e. The molecule has 0 aromatic carbocycles. The van der Waals surface area contributed by atoms with Gasteiger partial charge in [-0.2, -0.15) is 0 Å². The summed E-state index contributed by atoms with van der Waals surface area (Å²) >= 11 is 5.79. The van der Waals surface area contributed by atoms with Gasteiger partial charge < -0.3 is 10.7 Å². The van der Waals surface area contributed by atoms with E-state index in [9.17, 15) is 4.79 Å². The summed E-state index contributed by atoms with van der Waals surface area (Å²) in [5.74, 6) is 0. The molecule has 0 radical (unpaired) electrons. The van der Waals surface area contributed by atoms with Crippen molar-refractivity contribution in [2.45, 2.75) is 26.8 Å². The van der Waals surface area contributed by atoms with E-state index in [4.69, 9.17) is 17.3 Å². The number of pyridine rings is 1. The van der Waals surface area contributed by atoms with E-state index in [1.165, 1.54) is 6.20 Å². The molecule has 0 fully saturated rings. The van der Waals surface area contributed by atoms with Crippen LogP contribution in [0.5, 0.6) is 0 Å². The van der Waals surface area contributed by atoms with Crippen molar-refractivity contribution in [2.24, 2.45) is 11.1 Å². The van der Waals surface area contributed by atoms with Gasteiger partial charge in [-0.15, -0.1) is 0 Å². The molecular weight excluding hydrogens is 200 g/mol. The third kappa shape index (κ3) is 2.36. The standard InChI is InChI=1S/C10H15ClN2O/c1-10(2,3)8(12)7-4-6(11)5-13-9(7)14/h4-5,8H,12H2,1-3H3,(H,13,14)/t8-/m0/s1. The van der Waals surface area contributed by atoms with Crippen LogP contribution < -0.4 is 11.3 Å². The Morgan fingerprint density at radius 2 is 2.07 bits per heavy atom. The van der Waals surface area contributed by atoms with Gasteiger partial charge in [0.15, 0.2) is 0 Å². The van der Waals surface area contributed by atoms with Gasteiger partial charge in [0.25, 0.3) is 5.56 Å². The molecule has 0 aliphatic carbocycles. The van der Waals surface area contributed by atoms with E-state index in [0.29, 0.717) is 10.6 Å². The molecule has 78 valence electrons. The molecule has 14 heavy (non-hydrogen) atoms. The quantitative estimate of drug-likeness (QED) is 0.752. The largest absolute Gasteiger partial charge is 0.327 e. The van der Waals surface area contributed by atoms with E-state index < -0.39 is 0 Å². The molecule has 3 nitrogen and oxygen atoms in total. The van der Waals surface area contributed by atoms with Crippen molar-refractivity contribution in [3.05, 3.63) is 33.2 Å². The fourth-order valence-corrected chi connectivity index (χ4v) is 1.34. The van der Waals surface area contributed by atoms with E-state index in [2.05, 4.69) is 4.98 Å². The fourth-order valence-electron chi connectivity index (χ4n) is 1.17. The lowest BCUT2D eigenvalue weighted by Crippen LogP contribution is -2.31. The minimum absolute atomic E-state index is 0.155. The summed E-state index contributed by atoms with van der Waals surface area (Å²) in [5, 5.41) is 0.499. The molecule has 1 heterocycles. The second kappa shape index (κ2) is 3.75. The molecule has 3 N–H and O–H groups in total. The van der Waals surface area contributed by atoms with Crippen molar-refractivity contribution in [3.8, 4) is 0 Å². The van der Waals surface area contributed by atoms with Gasteiger partial charge >= 0.3 is 0 Å². The Morgan fingerprint density at radius 1 is 1.50 bits per heavy atom. The number of halogens is 1. The Bertz CT molecular complexity index is 378. The van der Waals surface area contributed by atoms with Gasteiger partial charge in [0, 0.05) is 17.8 Å². The van der Waals surface area contributed by atoms with E-state index in [1.54, 1.807) is 6.07 Å². The van der Waals surface area contributed by atoms with Crippen LogP contribution in [-0.2, 0) is 0 Å². The van der Waals surface area contributed by atoms with Crippen molar-refractivity contribution >= 4 is 11.6 Å². The van der Waals surface area contributed by atoms with Gasteiger partial charge in [-0.3, -0.25) is 4.79 Å². The molecular formula is C10H15ClN2O. The van der Waals surface area contributed by atoms with Crippen LogP contribution in [0.15, 0.2) is 17.1 Å². The van der Waals surface area contributed by atoms with Gasteiger partial charge in [0.1, 0.15) is 0 Å². The van der Waals surface area contributed by atoms with Crippen LogP contribution >= 0.6 is 11.6 Å². The molecule has 0 bridgehead atoms. The molecule has 1 rings (SSSR count). The summed E-state index contributed by atoms with van der Waals surface area (Å²) < 4.78 is 0. The van der Waals surface area contributed by atoms with E-state index >= 15 is 0 Å². The Labute approximate surface area is 88.3 Å². The Kier molecular flexibility index (Phi) is 3.02. The zero-order valence-electron chi connectivity index (χ0n) is 8.60. The molecule has 1 aromatic rings. The molecule has 0 unspecified atom stereocenters. The number of aromatic nitrogens is 1. The Hall–Kier alpha value is -0.800. The number of rotatable bonds is 1. The fraction of sp³-hybridized carbons (Fsp3) is 0.500. The predicted molar refractivity (Wildman–Crippen MR) is 58.5 cm³/mol. The molecule has 0 spiro atoms. The molecule has 0 amide bonds. The van der Waals surface area contributed by atoms with Crippen LogP contribution in [0.4, 0.5) is 0 Å². The van der Waals surface area contributed by atoms with Crippen LogP contribution in [0.25, 0.3) is 0 Å². The average molecular weight is 215 g/mol. The summed E-state index contributed by atoms with van der Waals surface area (Å²) in [7, 11) is 0. The first-order valence-corrected chi connectivity index (χ1v) is 4.84. The lowest BCUT2D eigenvalue weighted by atomic mass is 9.83. The number of hydrogen-bond donors (Lipinski definition) is 2. The molecule has 4 heteroatoms. The first kappa shape index (κ1) is 11.3. The van der Waals surface area contributed by atoms with Crippen molar-refractivity contribution < 1.29 is 0 Å². The highest BCUT2D eigenvalue weighted by Gasteiger charge is 2.24. The second-order valence-electron chi connectivity index (χ2n) is 4.45. The van der Waals surface area contributed by atoms with Gasteiger partial charge in [-0.05, 0) is 11.5 Å². The summed E-state index contributed by atoms with van der Waals surface area (Å²) in [5.41, 5.74) is 6.17. The van der Waals surface area contributed by atoms with Crippen LogP contribution in [-0.4, -0.2) is 4.98 Å². The summed E-state index contributed by atoms with van der Waals surface area (Å²) in [6.07, 6.45) is 1.46. The topological polar surface area (TPSA) is 58.9 Å². The van der Waals surface area contributed by atoms with E-state index in [0.717, 1.165) is 0 Å². The van der Waals surface area contributed by atoms with Gasteiger partial charge in [-0.25, -0.2) is 0 Å². The van der Waals surface area contributed by atoms with E-state index in [1.807, 2.05) is 20.8 Å². The maximum absolute atomic E-state index is 11.5. The highest BCUT2D eigenvalue weighted by molar-refractivity contribution is 6.30. The summed E-state index contributed by atoms with van der Waals surface area (Å²) in [6, 6.07) is 1.31. The summed E-state index contributed by atoms with van der Waals surface area (Å²) in [4.78, 5) is 14.0. The van der Waals surface area contributed by atoms with Gasteiger partial charge in [-0.1, -0.05) is 32.4 Å². The minimum atomic E-state index is -0.315. The number of nitrogens with two attached hydrogens (primary N) is 1. The number of nitrogens with one attached hydrogen (secondary N) is 1. The highest BCUT2D eigenvalue weighted by Crippen LogP contribution is 2.29. The van der Waals surface area contributed by atoms with Crippen LogP contribution in [0.3, 0.4) is 0 Å². The second-order valence-corrected chi connectivity index (χ2v) is 4.88. The van der Waals surface area contributed by atoms with Crippen LogP contribution in [0.2, 0.25) is 5.02 Å². The normalized spacial score (nSPS) is 14.1. The maximum atomic E-state index is 11.5. The third-order valence-corrected chi connectivity index (χ3v) is 2.38. The number of hydrogen-bond acceptors (Lipinski definition) is 2. The zero-order valence-corrected chi connectivity index (χ0v) is 9.35. The first-order valence-electron chi connectivity index (χ1n) is 4.46. The summed E-state index contributed by atoms with van der Waals surface area (Å²) in [6.45, 7) is 5.95. The van der Waals surface area contributed by atoms with Crippen LogP contribution in [0, 0.1) is 5.41 Å². The number of aromatic amines is 1. The van der Waals surface area contributed by atoms with E-state index in [-0.39, 0.29) is 17.0 Å². The van der Waals surface area contributed by atoms with Crippen molar-refractivity contribution in [2.75, 3.05) is 0 Å². The van der Waals surface area contributed by atoms with Crippen molar-refractivity contribution in [1.29, 1.82) is 0 Å². The smallest absolute Gasteiger partial charge is 0.252 e. The monoisotopic (exact) mass is 214 g/mol. The van der Waals surface area contributed by atoms with Gasteiger partial charge in [0.05, 0.1) is 5.02 Å². The Morgan fingerprint density at radius 3 is 2.57 bits per heavy atom. The zero-order chi connectivity index (χ0) is 10.9. The molecule has 0 saturated carbocycles. The lowest BCUT2D eigenvalue weighted by Gasteiger charge is -2.26. The van der Waals surface area contributed by atoms with Gasteiger partial charge in [0.2, 0.25) is 0 Å². The lowest BCUT2D eigenvalue weighted by molar-refractivity contribution is 0.325. The van der Waals surface area contributed by atoms with Crippen LogP contribution in [0.1, 0.15) is 32.4 Å². The maximum Gasteiger partial charge on any atom is 0.252 e. The third-order valence-electron chi connectivity index (χ3n) is 2.16. The van der Waals surface area contributed by atoms with Crippen molar-refractivity contribution in [3.63, 3.8) is 0 Å². The molecule has 1 atom stereocenters.